The van der Waals surface area contributed by atoms with E-state index in [4.69, 9.17) is 14.2 Å². The highest BCUT2D eigenvalue weighted by Crippen LogP contribution is 2.24. The van der Waals surface area contributed by atoms with Crippen LogP contribution in [-0.4, -0.2) is 18.5 Å². The molecule has 2 atom stereocenters. The number of aryl methyl sites for hydroxylation is 1. The molecule has 24 heavy (non-hydrogen) atoms. The third kappa shape index (κ3) is 5.08. The van der Waals surface area contributed by atoms with Gasteiger partial charge < -0.3 is 14.2 Å². The van der Waals surface area contributed by atoms with Gasteiger partial charge in [0.15, 0.2) is 6.29 Å². The molecule has 1 saturated heterocycles. The van der Waals surface area contributed by atoms with Crippen LogP contribution in [0, 0.1) is 0 Å². The zero-order valence-corrected chi connectivity index (χ0v) is 14.5. The Labute approximate surface area is 144 Å². The zero-order valence-electron chi connectivity index (χ0n) is 14.5. The van der Waals surface area contributed by atoms with E-state index in [1.165, 1.54) is 5.56 Å². The van der Waals surface area contributed by atoms with Gasteiger partial charge in [0.1, 0.15) is 11.5 Å². The van der Waals surface area contributed by atoms with Gasteiger partial charge in [0, 0.05) is 0 Å². The average molecular weight is 326 g/mol. The van der Waals surface area contributed by atoms with Crippen LogP contribution in [0.3, 0.4) is 0 Å². The molecule has 2 aromatic carbocycles. The summed E-state index contributed by atoms with van der Waals surface area (Å²) in [7, 11) is 0. The highest BCUT2D eigenvalue weighted by molar-refractivity contribution is 5.33. The Morgan fingerprint density at radius 3 is 2.38 bits per heavy atom. The Balaban J connectivity index is 1.50. The van der Waals surface area contributed by atoms with Crippen LogP contribution in [0.2, 0.25) is 0 Å². The highest BCUT2D eigenvalue weighted by Gasteiger charge is 2.24. The zero-order chi connectivity index (χ0) is 16.8. The predicted octanol–water partition coefficient (Wildman–Crippen LogP) is 5.34. The van der Waals surface area contributed by atoms with Gasteiger partial charge in [-0.15, -0.1) is 0 Å². The summed E-state index contributed by atoms with van der Waals surface area (Å²) in [4.78, 5) is 0. The molecule has 0 radical (unpaired) electrons. The summed E-state index contributed by atoms with van der Waals surface area (Å²) in [6.45, 7) is 4.24. The SMILES string of the molecule is C[C@H]1C[C@H](C)OC(CCCc2cccc(Oc3ccccc3)c2)O1. The Bertz CT molecular complexity index is 616. The average Bonchev–Trinajstić information content (AvgIpc) is 2.55. The number of benzene rings is 2. The van der Waals surface area contributed by atoms with Gasteiger partial charge in [-0.2, -0.15) is 0 Å². The monoisotopic (exact) mass is 326 g/mol. The molecule has 0 spiro atoms. The second-order valence-corrected chi connectivity index (χ2v) is 6.51. The lowest BCUT2D eigenvalue weighted by atomic mass is 10.1. The van der Waals surface area contributed by atoms with Gasteiger partial charge in [-0.3, -0.25) is 0 Å². The molecular weight excluding hydrogens is 300 g/mol. The van der Waals surface area contributed by atoms with Gasteiger partial charge in [-0.05, 0) is 69.4 Å². The lowest BCUT2D eigenvalue weighted by Gasteiger charge is -2.32. The second kappa shape index (κ2) is 8.32. The minimum absolute atomic E-state index is 0.0625. The molecule has 3 rings (SSSR count). The molecule has 0 saturated carbocycles. The van der Waals surface area contributed by atoms with Crippen molar-refractivity contribution in [3.8, 4) is 11.5 Å². The van der Waals surface area contributed by atoms with Gasteiger partial charge in [0.2, 0.25) is 0 Å². The van der Waals surface area contributed by atoms with Crippen LogP contribution < -0.4 is 4.74 Å². The number of hydrogen-bond donors (Lipinski definition) is 0. The maximum absolute atomic E-state index is 5.89. The van der Waals surface area contributed by atoms with Crippen molar-refractivity contribution in [1.82, 2.24) is 0 Å². The highest BCUT2D eigenvalue weighted by atomic mass is 16.7. The number of hydrogen-bond acceptors (Lipinski definition) is 3. The normalized spacial score (nSPS) is 23.8. The van der Waals surface area contributed by atoms with Gasteiger partial charge >= 0.3 is 0 Å². The Hall–Kier alpha value is -1.84. The van der Waals surface area contributed by atoms with Gasteiger partial charge in [-0.1, -0.05) is 30.3 Å². The van der Waals surface area contributed by atoms with Crippen molar-refractivity contribution >= 4 is 0 Å². The van der Waals surface area contributed by atoms with Crippen LogP contribution in [-0.2, 0) is 15.9 Å². The first-order valence-electron chi connectivity index (χ1n) is 8.82. The molecule has 0 aliphatic carbocycles. The van der Waals surface area contributed by atoms with E-state index in [2.05, 4.69) is 26.0 Å². The third-order valence-corrected chi connectivity index (χ3v) is 4.21. The molecule has 1 fully saturated rings. The molecule has 3 nitrogen and oxygen atoms in total. The predicted molar refractivity (Wildman–Crippen MR) is 95.4 cm³/mol. The quantitative estimate of drug-likeness (QED) is 0.717. The van der Waals surface area contributed by atoms with Crippen molar-refractivity contribution in [3.05, 3.63) is 60.2 Å². The molecule has 1 aliphatic heterocycles. The molecule has 0 unspecified atom stereocenters. The summed E-state index contributed by atoms with van der Waals surface area (Å²) in [5, 5.41) is 0. The summed E-state index contributed by atoms with van der Waals surface area (Å²) >= 11 is 0. The Kier molecular flexibility index (Phi) is 5.89. The van der Waals surface area contributed by atoms with E-state index >= 15 is 0 Å². The van der Waals surface area contributed by atoms with Crippen molar-refractivity contribution in [1.29, 1.82) is 0 Å². The fraction of sp³-hybridized carbons (Fsp3) is 0.429. The first kappa shape index (κ1) is 17.0. The van der Waals surface area contributed by atoms with Gasteiger partial charge in [0.05, 0.1) is 12.2 Å². The van der Waals surface area contributed by atoms with E-state index in [1.54, 1.807) is 0 Å². The fourth-order valence-electron chi connectivity index (χ4n) is 3.13. The number of ether oxygens (including phenoxy) is 3. The van der Waals surface area contributed by atoms with E-state index < -0.39 is 0 Å². The van der Waals surface area contributed by atoms with Crippen LogP contribution in [0.15, 0.2) is 54.6 Å². The standard InChI is InChI=1S/C21H26O3/c1-16-14-17(2)23-21(22-16)13-7-9-18-8-6-12-20(15-18)24-19-10-4-3-5-11-19/h3-6,8,10-12,15-17,21H,7,9,13-14H2,1-2H3/t16-,17-/m0/s1. The molecule has 0 amide bonds. The first-order chi connectivity index (χ1) is 11.7. The van der Waals surface area contributed by atoms with Crippen molar-refractivity contribution in [3.63, 3.8) is 0 Å². The maximum Gasteiger partial charge on any atom is 0.158 e. The van der Waals surface area contributed by atoms with Crippen molar-refractivity contribution in [2.75, 3.05) is 0 Å². The summed E-state index contributed by atoms with van der Waals surface area (Å²) in [5.41, 5.74) is 1.28. The maximum atomic E-state index is 5.89. The van der Waals surface area contributed by atoms with Crippen LogP contribution >= 0.6 is 0 Å². The minimum Gasteiger partial charge on any atom is -0.457 e. The Morgan fingerprint density at radius 2 is 1.62 bits per heavy atom. The van der Waals surface area contributed by atoms with Crippen molar-refractivity contribution in [2.24, 2.45) is 0 Å². The lowest BCUT2D eigenvalue weighted by Crippen LogP contribution is -2.35. The molecule has 0 aromatic heterocycles. The van der Waals surface area contributed by atoms with Gasteiger partial charge in [0.25, 0.3) is 0 Å². The van der Waals surface area contributed by atoms with E-state index in [-0.39, 0.29) is 6.29 Å². The number of rotatable bonds is 6. The van der Waals surface area contributed by atoms with Crippen LogP contribution in [0.5, 0.6) is 11.5 Å². The van der Waals surface area contributed by atoms with E-state index in [0.717, 1.165) is 37.2 Å². The van der Waals surface area contributed by atoms with Crippen LogP contribution in [0.25, 0.3) is 0 Å². The fourth-order valence-corrected chi connectivity index (χ4v) is 3.13. The smallest absolute Gasteiger partial charge is 0.158 e. The number of para-hydroxylation sites is 1. The van der Waals surface area contributed by atoms with E-state index in [9.17, 15) is 0 Å². The summed E-state index contributed by atoms with van der Waals surface area (Å²) < 4.78 is 17.6. The molecule has 2 aromatic rings. The van der Waals surface area contributed by atoms with Gasteiger partial charge in [-0.25, -0.2) is 0 Å². The topological polar surface area (TPSA) is 27.7 Å². The summed E-state index contributed by atoms with van der Waals surface area (Å²) in [6, 6.07) is 18.2. The van der Waals surface area contributed by atoms with Crippen LogP contribution in [0.1, 0.15) is 38.7 Å². The lowest BCUT2D eigenvalue weighted by molar-refractivity contribution is -0.236. The molecule has 1 heterocycles. The second-order valence-electron chi connectivity index (χ2n) is 6.51. The van der Waals surface area contributed by atoms with E-state index in [0.29, 0.717) is 12.2 Å². The minimum atomic E-state index is -0.0625. The molecule has 1 aliphatic rings. The molecule has 0 N–H and O–H groups in total. The van der Waals surface area contributed by atoms with Crippen molar-refractivity contribution in [2.45, 2.75) is 58.0 Å². The molecular formula is C21H26O3. The van der Waals surface area contributed by atoms with Crippen LogP contribution in [0.4, 0.5) is 0 Å². The molecule has 3 heteroatoms. The van der Waals surface area contributed by atoms with E-state index in [1.807, 2.05) is 42.5 Å². The van der Waals surface area contributed by atoms with Crippen molar-refractivity contribution < 1.29 is 14.2 Å². The molecule has 128 valence electrons. The summed E-state index contributed by atoms with van der Waals surface area (Å²) in [5.74, 6) is 1.74. The molecule has 0 bridgehead atoms. The Morgan fingerprint density at radius 1 is 0.917 bits per heavy atom. The largest absolute Gasteiger partial charge is 0.457 e. The third-order valence-electron chi connectivity index (χ3n) is 4.21. The first-order valence-corrected chi connectivity index (χ1v) is 8.82. The summed E-state index contributed by atoms with van der Waals surface area (Å²) in [6.07, 6.45) is 4.47.